The molecule has 0 saturated heterocycles. The summed E-state index contributed by atoms with van der Waals surface area (Å²) in [6.45, 7) is 3.74. The number of hydrogen-bond donors (Lipinski definition) is 1. The first kappa shape index (κ1) is 13.2. The monoisotopic (exact) mass is 313 g/mol. The van der Waals surface area contributed by atoms with Crippen molar-refractivity contribution >= 4 is 15.9 Å². The van der Waals surface area contributed by atoms with Crippen LogP contribution < -0.4 is 5.32 Å². The fourth-order valence-corrected chi connectivity index (χ4v) is 2.04. The minimum atomic E-state index is -0.304. The average Bonchev–Trinajstić information content (AvgIpc) is 2.78. The lowest BCUT2D eigenvalue weighted by Gasteiger charge is -1.98. The molecule has 6 heteroatoms. The molecule has 1 N–H and O–H groups in total. The van der Waals surface area contributed by atoms with Crippen LogP contribution in [0.25, 0.3) is 11.4 Å². The van der Waals surface area contributed by atoms with E-state index in [0.29, 0.717) is 22.6 Å². The Bertz CT molecular complexity index is 530. The predicted molar refractivity (Wildman–Crippen MR) is 69.6 cm³/mol. The van der Waals surface area contributed by atoms with Crippen molar-refractivity contribution in [3.63, 3.8) is 0 Å². The molecule has 0 aliphatic carbocycles. The molecular weight excluding hydrogens is 301 g/mol. The van der Waals surface area contributed by atoms with Gasteiger partial charge in [-0.1, -0.05) is 12.1 Å². The van der Waals surface area contributed by atoms with Crippen molar-refractivity contribution in [2.75, 3.05) is 13.1 Å². The van der Waals surface area contributed by atoms with Crippen LogP contribution in [0.5, 0.6) is 0 Å². The van der Waals surface area contributed by atoms with Gasteiger partial charge in [0.15, 0.2) is 0 Å². The second-order valence-electron chi connectivity index (χ2n) is 3.74. The number of benzene rings is 1. The van der Waals surface area contributed by atoms with Crippen LogP contribution in [0, 0.1) is 5.82 Å². The topological polar surface area (TPSA) is 51.0 Å². The van der Waals surface area contributed by atoms with Gasteiger partial charge in [0, 0.05) is 23.0 Å². The Morgan fingerprint density at radius 3 is 3.00 bits per heavy atom. The number of halogens is 2. The van der Waals surface area contributed by atoms with Gasteiger partial charge in [0.1, 0.15) is 5.82 Å². The maximum absolute atomic E-state index is 13.0. The molecule has 0 radical (unpaired) electrons. The summed E-state index contributed by atoms with van der Waals surface area (Å²) in [5.74, 6) is 0.733. The third kappa shape index (κ3) is 3.14. The molecule has 0 amide bonds. The summed E-state index contributed by atoms with van der Waals surface area (Å²) in [4.78, 5) is 4.27. The van der Waals surface area contributed by atoms with Gasteiger partial charge < -0.3 is 9.84 Å². The Balaban J connectivity index is 2.13. The molecule has 0 bridgehead atoms. The third-order valence-electron chi connectivity index (χ3n) is 2.41. The second kappa shape index (κ2) is 6.06. The molecule has 0 aliphatic rings. The largest absolute Gasteiger partial charge is 0.339 e. The molecule has 1 heterocycles. The van der Waals surface area contributed by atoms with Crippen LogP contribution in [0.4, 0.5) is 4.39 Å². The SMILES string of the molecule is CCNCCc1nc(-c2ccc(F)cc2Br)no1. The van der Waals surface area contributed by atoms with Gasteiger partial charge in [-0.25, -0.2) is 4.39 Å². The first-order chi connectivity index (χ1) is 8.70. The van der Waals surface area contributed by atoms with Crippen LogP contribution in [-0.2, 0) is 6.42 Å². The van der Waals surface area contributed by atoms with E-state index in [9.17, 15) is 4.39 Å². The van der Waals surface area contributed by atoms with E-state index >= 15 is 0 Å². The molecule has 2 rings (SSSR count). The van der Waals surface area contributed by atoms with Crippen LogP contribution in [0.15, 0.2) is 27.2 Å². The van der Waals surface area contributed by atoms with Crippen LogP contribution in [0.1, 0.15) is 12.8 Å². The smallest absolute Gasteiger partial charge is 0.228 e. The van der Waals surface area contributed by atoms with Crippen molar-refractivity contribution in [3.05, 3.63) is 34.4 Å². The molecule has 0 saturated carbocycles. The van der Waals surface area contributed by atoms with E-state index in [-0.39, 0.29) is 5.82 Å². The van der Waals surface area contributed by atoms with E-state index in [1.807, 2.05) is 6.92 Å². The molecule has 4 nitrogen and oxygen atoms in total. The van der Waals surface area contributed by atoms with Gasteiger partial charge in [-0.05, 0) is 40.7 Å². The summed E-state index contributed by atoms with van der Waals surface area (Å²) in [5, 5.41) is 7.07. The van der Waals surface area contributed by atoms with Gasteiger partial charge in [-0.15, -0.1) is 0 Å². The third-order valence-corrected chi connectivity index (χ3v) is 3.06. The molecule has 0 aliphatic heterocycles. The van der Waals surface area contributed by atoms with E-state index < -0.39 is 0 Å². The zero-order valence-electron chi connectivity index (χ0n) is 9.91. The Morgan fingerprint density at radius 1 is 1.44 bits per heavy atom. The van der Waals surface area contributed by atoms with Gasteiger partial charge in [0.05, 0.1) is 0 Å². The number of nitrogens with zero attached hydrogens (tertiary/aromatic N) is 2. The normalized spacial score (nSPS) is 10.8. The summed E-state index contributed by atoms with van der Waals surface area (Å²) in [6, 6.07) is 4.37. The minimum absolute atomic E-state index is 0.304. The fourth-order valence-electron chi connectivity index (χ4n) is 1.51. The highest BCUT2D eigenvalue weighted by Crippen LogP contribution is 2.26. The van der Waals surface area contributed by atoms with Crippen molar-refractivity contribution in [2.24, 2.45) is 0 Å². The maximum atomic E-state index is 13.0. The van der Waals surface area contributed by atoms with Crippen molar-refractivity contribution in [1.29, 1.82) is 0 Å². The predicted octanol–water partition coefficient (Wildman–Crippen LogP) is 2.79. The average molecular weight is 314 g/mol. The van der Waals surface area contributed by atoms with E-state index in [1.165, 1.54) is 12.1 Å². The highest BCUT2D eigenvalue weighted by molar-refractivity contribution is 9.10. The summed E-state index contributed by atoms with van der Waals surface area (Å²) >= 11 is 3.28. The highest BCUT2D eigenvalue weighted by Gasteiger charge is 2.11. The van der Waals surface area contributed by atoms with Crippen molar-refractivity contribution in [3.8, 4) is 11.4 Å². The summed E-state index contributed by atoms with van der Waals surface area (Å²) in [7, 11) is 0. The first-order valence-corrected chi connectivity index (χ1v) is 6.48. The summed E-state index contributed by atoms with van der Waals surface area (Å²) < 4.78 is 18.7. The Morgan fingerprint density at radius 2 is 2.28 bits per heavy atom. The standard InChI is InChI=1S/C12H13BrFN3O/c1-2-15-6-5-11-16-12(17-18-11)9-4-3-8(14)7-10(9)13/h3-4,7,15H,2,5-6H2,1H3. The molecule has 96 valence electrons. The van der Waals surface area contributed by atoms with Gasteiger partial charge in [-0.2, -0.15) is 4.98 Å². The fraction of sp³-hybridized carbons (Fsp3) is 0.333. The number of nitrogens with one attached hydrogen (secondary N) is 1. The summed E-state index contributed by atoms with van der Waals surface area (Å²) in [6.07, 6.45) is 0.680. The van der Waals surface area contributed by atoms with E-state index in [0.717, 1.165) is 18.7 Å². The van der Waals surface area contributed by atoms with Gasteiger partial charge in [-0.3, -0.25) is 0 Å². The number of likely N-dealkylation sites (N-methyl/N-ethyl adjacent to an activating group) is 1. The molecule has 1 aromatic heterocycles. The van der Waals surface area contributed by atoms with Crippen molar-refractivity contribution < 1.29 is 8.91 Å². The lowest BCUT2D eigenvalue weighted by atomic mass is 10.2. The van der Waals surface area contributed by atoms with Crippen molar-refractivity contribution in [2.45, 2.75) is 13.3 Å². The first-order valence-electron chi connectivity index (χ1n) is 5.69. The van der Waals surface area contributed by atoms with E-state index in [2.05, 4.69) is 31.4 Å². The number of rotatable bonds is 5. The molecule has 0 atom stereocenters. The van der Waals surface area contributed by atoms with E-state index in [1.54, 1.807) is 6.07 Å². The summed E-state index contributed by atoms with van der Waals surface area (Å²) in [5.41, 5.74) is 0.717. The Labute approximate surface area is 113 Å². The molecule has 0 spiro atoms. The molecule has 18 heavy (non-hydrogen) atoms. The lowest BCUT2D eigenvalue weighted by Crippen LogP contribution is -2.16. The van der Waals surface area contributed by atoms with Crippen LogP contribution in [0.3, 0.4) is 0 Å². The molecule has 1 aromatic carbocycles. The van der Waals surface area contributed by atoms with Gasteiger partial charge in [0.2, 0.25) is 11.7 Å². The number of aromatic nitrogens is 2. The minimum Gasteiger partial charge on any atom is -0.339 e. The molecule has 0 fully saturated rings. The van der Waals surface area contributed by atoms with Crippen LogP contribution in [0.2, 0.25) is 0 Å². The van der Waals surface area contributed by atoms with Crippen LogP contribution in [-0.4, -0.2) is 23.2 Å². The zero-order chi connectivity index (χ0) is 13.0. The quantitative estimate of drug-likeness (QED) is 0.862. The number of hydrogen-bond acceptors (Lipinski definition) is 4. The maximum Gasteiger partial charge on any atom is 0.228 e. The zero-order valence-corrected chi connectivity index (χ0v) is 11.5. The Hall–Kier alpha value is -1.27. The van der Waals surface area contributed by atoms with Crippen molar-refractivity contribution in [1.82, 2.24) is 15.5 Å². The second-order valence-corrected chi connectivity index (χ2v) is 4.59. The van der Waals surface area contributed by atoms with Crippen LogP contribution >= 0.6 is 15.9 Å². The highest BCUT2D eigenvalue weighted by atomic mass is 79.9. The molecule has 2 aromatic rings. The molecule has 0 unspecified atom stereocenters. The lowest BCUT2D eigenvalue weighted by molar-refractivity contribution is 0.377. The van der Waals surface area contributed by atoms with E-state index in [4.69, 9.17) is 4.52 Å². The van der Waals surface area contributed by atoms with Gasteiger partial charge >= 0.3 is 0 Å². The molecular formula is C12H13BrFN3O. The van der Waals surface area contributed by atoms with Gasteiger partial charge in [0.25, 0.3) is 0 Å². The Kier molecular flexibility index (Phi) is 4.43.